The van der Waals surface area contributed by atoms with Gasteiger partial charge in [0.05, 0.1) is 18.8 Å². The summed E-state index contributed by atoms with van der Waals surface area (Å²) in [7, 11) is 6.43. The number of esters is 1. The molecule has 0 spiro atoms. The zero-order chi connectivity index (χ0) is 26.7. The van der Waals surface area contributed by atoms with Crippen LogP contribution in [-0.2, 0) is 21.4 Å². The number of aryl methyl sites for hydroxylation is 1. The first kappa shape index (κ1) is 26.2. The van der Waals surface area contributed by atoms with Crippen LogP contribution in [0.4, 0.5) is 17.5 Å². The Morgan fingerprint density at radius 1 is 1.22 bits per heavy atom. The molecule has 0 radical (unpaired) electrons. The second kappa shape index (κ2) is 11.0. The Bertz CT molecular complexity index is 1380. The number of hydrogen-bond acceptors (Lipinski definition) is 9. The molecule has 0 unspecified atom stereocenters. The maximum absolute atomic E-state index is 12.6. The van der Waals surface area contributed by atoms with Gasteiger partial charge in [-0.15, -0.1) is 0 Å². The van der Waals surface area contributed by atoms with Gasteiger partial charge in [-0.2, -0.15) is 4.98 Å². The Morgan fingerprint density at radius 3 is 2.62 bits per heavy atom. The van der Waals surface area contributed by atoms with Gasteiger partial charge in [0, 0.05) is 51.2 Å². The second-order valence-electron chi connectivity index (χ2n) is 9.00. The number of piperidine rings is 1. The molecule has 11 nitrogen and oxygen atoms in total. The minimum Gasteiger partial charge on any atom is -0.476 e. The maximum Gasteiger partial charge on any atom is 0.343 e. The highest BCUT2D eigenvalue weighted by atomic mass is 35.5. The number of aromatic nitrogens is 3. The first-order valence-corrected chi connectivity index (χ1v) is 12.1. The van der Waals surface area contributed by atoms with Crippen LogP contribution >= 0.6 is 11.6 Å². The normalized spacial score (nSPS) is 13.9. The van der Waals surface area contributed by atoms with Crippen molar-refractivity contribution in [2.75, 3.05) is 51.1 Å². The van der Waals surface area contributed by atoms with Crippen LogP contribution in [0.2, 0.25) is 5.02 Å². The Labute approximate surface area is 218 Å². The summed E-state index contributed by atoms with van der Waals surface area (Å²) in [4.78, 5) is 49.0. The molecule has 0 aliphatic carbocycles. The molecule has 3 heterocycles. The summed E-state index contributed by atoms with van der Waals surface area (Å²) in [6, 6.07) is 7.02. The lowest BCUT2D eigenvalue weighted by atomic mass is 9.96. The van der Waals surface area contributed by atoms with Gasteiger partial charge in [0.2, 0.25) is 11.9 Å². The number of anilines is 3. The van der Waals surface area contributed by atoms with E-state index >= 15 is 0 Å². The van der Waals surface area contributed by atoms with Gasteiger partial charge in [0.25, 0.3) is 5.56 Å². The molecule has 196 valence electrons. The van der Waals surface area contributed by atoms with E-state index in [1.807, 2.05) is 17.0 Å². The van der Waals surface area contributed by atoms with Crippen molar-refractivity contribution in [2.24, 2.45) is 13.0 Å². The highest BCUT2D eigenvalue weighted by Gasteiger charge is 2.27. The fourth-order valence-electron chi connectivity index (χ4n) is 4.26. The number of pyridine rings is 1. The van der Waals surface area contributed by atoms with Crippen molar-refractivity contribution in [3.8, 4) is 5.75 Å². The fraction of sp³-hybridized carbons (Fsp3) is 0.400. The van der Waals surface area contributed by atoms with Crippen molar-refractivity contribution in [3.05, 3.63) is 45.8 Å². The van der Waals surface area contributed by atoms with Crippen LogP contribution in [0.1, 0.15) is 12.8 Å². The van der Waals surface area contributed by atoms with Gasteiger partial charge in [0.15, 0.2) is 18.2 Å². The van der Waals surface area contributed by atoms with Crippen LogP contribution < -0.4 is 20.5 Å². The van der Waals surface area contributed by atoms with E-state index in [1.54, 1.807) is 44.4 Å². The van der Waals surface area contributed by atoms with E-state index in [4.69, 9.17) is 16.3 Å². The first-order chi connectivity index (χ1) is 17.7. The highest BCUT2D eigenvalue weighted by Crippen LogP contribution is 2.29. The average Bonchev–Trinajstić information content (AvgIpc) is 2.90. The monoisotopic (exact) mass is 528 g/mol. The lowest BCUT2D eigenvalue weighted by Crippen LogP contribution is -2.40. The highest BCUT2D eigenvalue weighted by molar-refractivity contribution is 6.32. The van der Waals surface area contributed by atoms with Crippen LogP contribution in [0.3, 0.4) is 0 Å². The van der Waals surface area contributed by atoms with Gasteiger partial charge in [-0.25, -0.2) is 9.78 Å². The molecule has 1 aromatic carbocycles. The summed E-state index contributed by atoms with van der Waals surface area (Å²) in [5.41, 5.74) is 1.01. The van der Waals surface area contributed by atoms with Crippen molar-refractivity contribution in [1.82, 2.24) is 19.4 Å². The summed E-state index contributed by atoms with van der Waals surface area (Å²) in [5.74, 6) is 0.572. The molecule has 37 heavy (non-hydrogen) atoms. The lowest BCUT2D eigenvalue weighted by Gasteiger charge is -2.32. The summed E-state index contributed by atoms with van der Waals surface area (Å²) in [6.07, 6.45) is 3.01. The third-order valence-electron chi connectivity index (χ3n) is 6.33. The molecular formula is C25H29ClN6O5. The molecule has 1 saturated heterocycles. The van der Waals surface area contributed by atoms with Crippen molar-refractivity contribution in [3.63, 3.8) is 0 Å². The quantitative estimate of drug-likeness (QED) is 0.461. The summed E-state index contributed by atoms with van der Waals surface area (Å²) in [5, 5.41) is 4.29. The van der Waals surface area contributed by atoms with Crippen LogP contribution in [0.25, 0.3) is 10.9 Å². The number of carbonyl (C=O) groups is 2. The SMILES string of the molecule is COC(=O)COc1cc2cc(Nc3nc(N4CCC(C(=O)N(C)C)CC4)ncc3Cl)ccc2n(C)c1=O. The van der Waals surface area contributed by atoms with E-state index in [2.05, 4.69) is 20.0 Å². The first-order valence-electron chi connectivity index (χ1n) is 11.8. The van der Waals surface area contributed by atoms with Crippen LogP contribution in [0.15, 0.2) is 35.3 Å². The van der Waals surface area contributed by atoms with Gasteiger partial charge in [0.1, 0.15) is 5.02 Å². The Kier molecular flexibility index (Phi) is 7.82. The number of amides is 1. The molecule has 0 saturated carbocycles. The topological polar surface area (TPSA) is 119 Å². The van der Waals surface area contributed by atoms with E-state index < -0.39 is 5.97 Å². The molecule has 1 aliphatic heterocycles. The molecule has 0 bridgehead atoms. The number of ether oxygens (including phenoxy) is 2. The molecule has 1 aliphatic rings. The third kappa shape index (κ3) is 5.77. The molecule has 12 heteroatoms. The maximum atomic E-state index is 12.6. The van der Waals surface area contributed by atoms with Gasteiger partial charge < -0.3 is 29.2 Å². The molecule has 1 fully saturated rings. The summed E-state index contributed by atoms with van der Waals surface area (Å²) < 4.78 is 11.4. The molecule has 3 aromatic rings. The van der Waals surface area contributed by atoms with Gasteiger partial charge in [-0.1, -0.05) is 11.6 Å². The molecule has 4 rings (SSSR count). The molecule has 0 atom stereocenters. The minimum atomic E-state index is -0.583. The number of benzene rings is 1. The van der Waals surface area contributed by atoms with E-state index in [1.165, 1.54) is 11.7 Å². The number of fused-ring (bicyclic) bond motifs is 1. The zero-order valence-corrected chi connectivity index (χ0v) is 21.9. The molecule has 1 N–H and O–H groups in total. The number of hydrogen-bond donors (Lipinski definition) is 1. The number of nitrogens with one attached hydrogen (secondary N) is 1. The van der Waals surface area contributed by atoms with Gasteiger partial charge >= 0.3 is 5.97 Å². The predicted molar refractivity (Wildman–Crippen MR) is 141 cm³/mol. The van der Waals surface area contributed by atoms with Crippen molar-refractivity contribution in [1.29, 1.82) is 0 Å². The Morgan fingerprint density at radius 2 is 1.95 bits per heavy atom. The van der Waals surface area contributed by atoms with Gasteiger partial charge in [-0.05, 0) is 37.1 Å². The van der Waals surface area contributed by atoms with Crippen LogP contribution in [-0.4, -0.2) is 72.2 Å². The zero-order valence-electron chi connectivity index (χ0n) is 21.2. The van der Waals surface area contributed by atoms with E-state index in [0.29, 0.717) is 46.5 Å². The standard InChI is InChI=1S/C25H29ClN6O5/c1-30(2)23(34)15-7-9-32(10-8-15)25-27-13-18(26)22(29-25)28-17-5-6-19-16(11-17)12-20(24(35)31(19)3)37-14-21(33)36-4/h5-6,11-13,15H,7-10,14H2,1-4H3,(H,27,28,29). The minimum absolute atomic E-state index is 0.00574. The molecule has 1 amide bonds. The molecular weight excluding hydrogens is 500 g/mol. The Balaban J connectivity index is 1.54. The summed E-state index contributed by atoms with van der Waals surface area (Å²) in [6.45, 7) is 0.975. The second-order valence-corrected chi connectivity index (χ2v) is 9.40. The van der Waals surface area contributed by atoms with Crippen molar-refractivity contribution in [2.45, 2.75) is 12.8 Å². The number of carbonyl (C=O) groups excluding carboxylic acids is 2. The average molecular weight is 529 g/mol. The van der Waals surface area contributed by atoms with Crippen molar-refractivity contribution < 1.29 is 19.1 Å². The largest absolute Gasteiger partial charge is 0.476 e. The van der Waals surface area contributed by atoms with Crippen LogP contribution in [0, 0.1) is 5.92 Å². The Hall–Kier alpha value is -3.86. The van der Waals surface area contributed by atoms with Crippen LogP contribution in [0.5, 0.6) is 5.75 Å². The predicted octanol–water partition coefficient (Wildman–Crippen LogP) is 2.58. The van der Waals surface area contributed by atoms with Gasteiger partial charge in [-0.3, -0.25) is 9.59 Å². The summed E-state index contributed by atoms with van der Waals surface area (Å²) >= 11 is 6.39. The number of rotatable bonds is 7. The fourth-order valence-corrected chi connectivity index (χ4v) is 4.39. The number of methoxy groups -OCH3 is 1. The van der Waals surface area contributed by atoms with E-state index in [9.17, 15) is 14.4 Å². The lowest BCUT2D eigenvalue weighted by molar-refractivity contribution is -0.143. The number of halogens is 1. The third-order valence-corrected chi connectivity index (χ3v) is 6.60. The smallest absolute Gasteiger partial charge is 0.343 e. The number of nitrogens with zero attached hydrogens (tertiary/aromatic N) is 5. The van der Waals surface area contributed by atoms with E-state index in [-0.39, 0.29) is 29.7 Å². The van der Waals surface area contributed by atoms with E-state index in [0.717, 1.165) is 12.8 Å². The molecule has 2 aromatic heterocycles. The van der Waals surface area contributed by atoms with Crippen molar-refractivity contribution >= 4 is 51.8 Å².